The van der Waals surface area contributed by atoms with Crippen LogP contribution in [0.25, 0.3) is 28.2 Å². The third-order valence-corrected chi connectivity index (χ3v) is 7.21. The van der Waals surface area contributed by atoms with Crippen LogP contribution in [-0.4, -0.2) is 39.1 Å². The lowest BCUT2D eigenvalue weighted by atomic mass is 10.2. The maximum atomic E-state index is 13.1. The molecule has 12 heteroatoms. The van der Waals surface area contributed by atoms with E-state index in [1.165, 1.54) is 4.57 Å². The molecule has 5 rings (SSSR count). The SMILES string of the molecule is CC[S@@](=N)(=O)c1nn2c(C3CC3)ccnc2c1-c1nc2cc(C(F)(F)F)cnc2n1C. The van der Waals surface area contributed by atoms with Gasteiger partial charge in [-0.3, -0.25) is 0 Å². The van der Waals surface area contributed by atoms with Gasteiger partial charge in [-0.1, -0.05) is 6.92 Å². The van der Waals surface area contributed by atoms with E-state index in [1.807, 2.05) is 6.07 Å². The number of hydrogen-bond acceptors (Lipinski definition) is 6. The Morgan fingerprint density at radius 1 is 1.26 bits per heavy atom. The molecule has 0 unspecified atom stereocenters. The van der Waals surface area contributed by atoms with Crippen LogP contribution in [0, 0.1) is 4.78 Å². The molecule has 0 amide bonds. The fourth-order valence-electron chi connectivity index (χ4n) is 3.65. The van der Waals surface area contributed by atoms with Gasteiger partial charge >= 0.3 is 6.18 Å². The Kier molecular flexibility index (Phi) is 4.17. The number of rotatable bonds is 4. The van der Waals surface area contributed by atoms with Crippen LogP contribution in [0.1, 0.15) is 36.9 Å². The summed E-state index contributed by atoms with van der Waals surface area (Å²) in [5.74, 6) is 0.565. The zero-order valence-corrected chi connectivity index (χ0v) is 17.5. The quantitative estimate of drug-likeness (QED) is 0.507. The van der Waals surface area contributed by atoms with E-state index in [1.54, 1.807) is 24.7 Å². The molecule has 1 aliphatic carbocycles. The van der Waals surface area contributed by atoms with Crippen molar-refractivity contribution in [1.29, 1.82) is 4.78 Å². The third-order valence-electron chi connectivity index (χ3n) is 5.49. The summed E-state index contributed by atoms with van der Waals surface area (Å²) in [5.41, 5.74) is 0.945. The number of nitrogens with zero attached hydrogens (tertiary/aromatic N) is 6. The molecule has 1 fully saturated rings. The fraction of sp³-hybridized carbons (Fsp3) is 0.368. The van der Waals surface area contributed by atoms with E-state index in [4.69, 9.17) is 4.78 Å². The molecular formula is C19H18F3N7OS. The molecule has 1 aliphatic rings. The molecule has 4 aromatic rings. The summed E-state index contributed by atoms with van der Waals surface area (Å²) in [6, 6.07) is 2.77. The number of pyridine rings is 1. The van der Waals surface area contributed by atoms with Crippen molar-refractivity contribution in [3.63, 3.8) is 0 Å². The first kappa shape index (κ1) is 19.9. The number of halogens is 3. The summed E-state index contributed by atoms with van der Waals surface area (Å²) < 4.78 is 64.0. The minimum atomic E-state index is -4.55. The smallest absolute Gasteiger partial charge is 0.312 e. The van der Waals surface area contributed by atoms with Crippen molar-refractivity contribution < 1.29 is 17.4 Å². The Morgan fingerprint density at radius 2 is 2.00 bits per heavy atom. The number of hydrogen-bond donors (Lipinski definition) is 1. The summed E-state index contributed by atoms with van der Waals surface area (Å²) in [6.07, 6.45) is -0.159. The molecule has 4 aromatic heterocycles. The second kappa shape index (κ2) is 6.49. The lowest BCUT2D eigenvalue weighted by Gasteiger charge is -2.06. The third kappa shape index (κ3) is 3.08. The number of imidazole rings is 1. The summed E-state index contributed by atoms with van der Waals surface area (Å²) >= 11 is 0. The highest BCUT2D eigenvalue weighted by molar-refractivity contribution is 7.92. The molecular weight excluding hydrogens is 431 g/mol. The first-order chi connectivity index (χ1) is 14.6. The molecule has 0 saturated heterocycles. The summed E-state index contributed by atoms with van der Waals surface area (Å²) in [6.45, 7) is 1.63. The number of fused-ring (bicyclic) bond motifs is 2. The standard InChI is InChI=1S/C19H18F3N7OS/c1-3-31(23,30)18-14(16-24-7-6-13(10-4-5-10)29(16)27-18)17-26-12-8-11(19(20,21)22)9-25-15(12)28(17)2/h6-10,23H,3-5H2,1-2H3/t31-/m1/s1. The first-order valence-electron chi connectivity index (χ1n) is 9.66. The Labute approximate surface area is 175 Å². The van der Waals surface area contributed by atoms with Crippen LogP contribution in [0.5, 0.6) is 0 Å². The van der Waals surface area contributed by atoms with Gasteiger partial charge in [0.15, 0.2) is 16.3 Å². The second-order valence-corrected chi connectivity index (χ2v) is 9.90. The normalized spacial score (nSPS) is 16.8. The highest BCUT2D eigenvalue weighted by Gasteiger charge is 2.34. The number of aryl methyl sites for hydroxylation is 1. The Balaban J connectivity index is 1.84. The minimum Gasteiger partial charge on any atom is -0.312 e. The summed E-state index contributed by atoms with van der Waals surface area (Å²) in [4.78, 5) is 12.7. The van der Waals surface area contributed by atoms with Crippen LogP contribution < -0.4 is 0 Å². The van der Waals surface area contributed by atoms with Crippen molar-refractivity contribution >= 4 is 26.5 Å². The molecule has 0 aromatic carbocycles. The Morgan fingerprint density at radius 3 is 2.65 bits per heavy atom. The maximum absolute atomic E-state index is 13.1. The Bertz CT molecular complexity index is 1450. The van der Waals surface area contributed by atoms with Crippen LogP contribution in [-0.2, 0) is 23.0 Å². The average molecular weight is 449 g/mol. The van der Waals surface area contributed by atoms with E-state index in [0.29, 0.717) is 17.1 Å². The van der Waals surface area contributed by atoms with E-state index in [-0.39, 0.29) is 27.8 Å². The first-order valence-corrected chi connectivity index (χ1v) is 11.4. The molecule has 162 valence electrons. The molecule has 0 aliphatic heterocycles. The van der Waals surface area contributed by atoms with Gasteiger partial charge < -0.3 is 4.57 Å². The van der Waals surface area contributed by atoms with Crippen LogP contribution in [0.3, 0.4) is 0 Å². The predicted octanol–water partition coefficient (Wildman–Crippen LogP) is 4.00. The van der Waals surface area contributed by atoms with E-state index in [0.717, 1.165) is 30.8 Å². The Hall–Kier alpha value is -3.02. The van der Waals surface area contributed by atoms with Gasteiger partial charge in [0.05, 0.1) is 20.9 Å². The van der Waals surface area contributed by atoms with Crippen LogP contribution in [0.4, 0.5) is 13.2 Å². The van der Waals surface area contributed by atoms with Crippen molar-refractivity contribution in [2.24, 2.45) is 7.05 Å². The molecule has 4 heterocycles. The van der Waals surface area contributed by atoms with Gasteiger partial charge in [-0.25, -0.2) is 28.5 Å². The van der Waals surface area contributed by atoms with Crippen molar-refractivity contribution in [3.8, 4) is 11.4 Å². The number of nitrogens with one attached hydrogen (secondary N) is 1. The second-order valence-electron chi connectivity index (χ2n) is 7.58. The zero-order valence-electron chi connectivity index (χ0n) is 16.6. The van der Waals surface area contributed by atoms with Gasteiger partial charge in [-0.2, -0.15) is 18.3 Å². The van der Waals surface area contributed by atoms with Crippen molar-refractivity contribution in [2.45, 2.75) is 36.9 Å². The van der Waals surface area contributed by atoms with Gasteiger partial charge in [0.25, 0.3) is 0 Å². The van der Waals surface area contributed by atoms with E-state index in [9.17, 15) is 17.4 Å². The van der Waals surface area contributed by atoms with Gasteiger partial charge in [0.1, 0.15) is 11.3 Å². The largest absolute Gasteiger partial charge is 0.417 e. The van der Waals surface area contributed by atoms with Crippen molar-refractivity contribution in [3.05, 3.63) is 35.8 Å². The topological polar surface area (TPSA) is 102 Å². The molecule has 8 nitrogen and oxygen atoms in total. The fourth-order valence-corrected chi connectivity index (χ4v) is 4.65. The average Bonchev–Trinajstić information content (AvgIpc) is 3.42. The van der Waals surface area contributed by atoms with Crippen LogP contribution >= 0.6 is 0 Å². The van der Waals surface area contributed by atoms with Gasteiger partial charge in [-0.15, -0.1) is 0 Å². The lowest BCUT2D eigenvalue weighted by molar-refractivity contribution is -0.137. The van der Waals surface area contributed by atoms with E-state index in [2.05, 4.69) is 20.1 Å². The molecule has 0 spiro atoms. The van der Waals surface area contributed by atoms with Gasteiger partial charge in [0.2, 0.25) is 0 Å². The van der Waals surface area contributed by atoms with E-state index >= 15 is 0 Å². The molecule has 1 atom stereocenters. The highest BCUT2D eigenvalue weighted by atomic mass is 32.2. The van der Waals surface area contributed by atoms with Gasteiger partial charge in [0, 0.05) is 36.8 Å². The van der Waals surface area contributed by atoms with Crippen LogP contribution in [0.15, 0.2) is 29.6 Å². The van der Waals surface area contributed by atoms with E-state index < -0.39 is 21.5 Å². The molecule has 31 heavy (non-hydrogen) atoms. The minimum absolute atomic E-state index is 0.0308. The molecule has 0 bridgehead atoms. The van der Waals surface area contributed by atoms with Crippen molar-refractivity contribution in [2.75, 3.05) is 5.75 Å². The molecule has 1 N–H and O–H groups in total. The highest BCUT2D eigenvalue weighted by Crippen LogP contribution is 2.41. The van der Waals surface area contributed by atoms with Gasteiger partial charge in [-0.05, 0) is 25.0 Å². The number of alkyl halides is 3. The maximum Gasteiger partial charge on any atom is 0.417 e. The molecule has 0 radical (unpaired) electrons. The van der Waals surface area contributed by atoms with Crippen LogP contribution in [0.2, 0.25) is 0 Å². The predicted molar refractivity (Wildman–Crippen MR) is 107 cm³/mol. The number of aromatic nitrogens is 6. The molecule has 1 saturated carbocycles. The zero-order chi connectivity index (χ0) is 22.1. The summed E-state index contributed by atoms with van der Waals surface area (Å²) in [7, 11) is -1.66. The monoisotopic (exact) mass is 449 g/mol. The van der Waals surface area contributed by atoms with Crippen molar-refractivity contribution in [1.82, 2.24) is 29.1 Å². The lowest BCUT2D eigenvalue weighted by Crippen LogP contribution is -2.06. The summed E-state index contributed by atoms with van der Waals surface area (Å²) in [5, 5.41) is 4.53.